The Kier molecular flexibility index (Phi) is 7.73. The zero-order chi connectivity index (χ0) is 21.6. The van der Waals surface area contributed by atoms with E-state index in [-0.39, 0.29) is 29.8 Å². The van der Waals surface area contributed by atoms with Crippen molar-refractivity contribution in [3.63, 3.8) is 0 Å². The lowest BCUT2D eigenvalue weighted by Crippen LogP contribution is -2.25. The van der Waals surface area contributed by atoms with Gasteiger partial charge in [0.1, 0.15) is 0 Å². The Hall–Kier alpha value is -2.93. The number of rotatable bonds is 9. The maximum atomic E-state index is 12.4. The van der Waals surface area contributed by atoms with Crippen molar-refractivity contribution in [3.8, 4) is 0 Å². The Balaban J connectivity index is 2.06. The summed E-state index contributed by atoms with van der Waals surface area (Å²) in [4.78, 5) is 39.2. The molecule has 0 aliphatic carbocycles. The van der Waals surface area contributed by atoms with Gasteiger partial charge < -0.3 is 19.8 Å². The van der Waals surface area contributed by atoms with E-state index >= 15 is 0 Å². The minimum Gasteiger partial charge on any atom is -0.465 e. The monoisotopic (exact) mass is 400 g/mol. The minimum atomic E-state index is -0.577. The van der Waals surface area contributed by atoms with Crippen molar-refractivity contribution in [1.29, 1.82) is 0 Å². The third-order valence-electron chi connectivity index (χ3n) is 4.47. The molecule has 29 heavy (non-hydrogen) atoms. The van der Waals surface area contributed by atoms with Crippen molar-refractivity contribution in [1.82, 2.24) is 10.3 Å². The molecule has 0 unspecified atom stereocenters. The summed E-state index contributed by atoms with van der Waals surface area (Å²) >= 11 is 0. The van der Waals surface area contributed by atoms with E-state index in [4.69, 9.17) is 9.47 Å². The Labute approximate surface area is 170 Å². The number of carbonyl (C=O) groups excluding carboxylic acids is 3. The molecule has 1 amide bonds. The maximum absolute atomic E-state index is 12.4. The van der Waals surface area contributed by atoms with Crippen LogP contribution in [-0.4, -0.2) is 35.9 Å². The number of amides is 1. The highest BCUT2D eigenvalue weighted by Gasteiger charge is 2.24. The van der Waals surface area contributed by atoms with Crippen molar-refractivity contribution in [2.24, 2.45) is 0 Å². The molecule has 0 aliphatic heterocycles. The Morgan fingerprint density at radius 2 is 1.86 bits per heavy atom. The molecule has 7 heteroatoms. The number of methoxy groups -OCH3 is 1. The molecule has 1 aromatic heterocycles. The molecule has 0 fully saturated rings. The van der Waals surface area contributed by atoms with Crippen LogP contribution < -0.4 is 5.32 Å². The molecule has 156 valence electrons. The van der Waals surface area contributed by atoms with Crippen molar-refractivity contribution < 1.29 is 23.9 Å². The van der Waals surface area contributed by atoms with E-state index in [2.05, 4.69) is 10.3 Å². The topological polar surface area (TPSA) is 97.5 Å². The molecule has 0 aliphatic rings. The van der Waals surface area contributed by atoms with Crippen LogP contribution in [0.3, 0.4) is 0 Å². The number of hydrogen-bond acceptors (Lipinski definition) is 5. The first kappa shape index (κ1) is 22.4. The van der Waals surface area contributed by atoms with Crippen molar-refractivity contribution in [2.75, 3.05) is 7.11 Å². The Morgan fingerprint density at radius 3 is 2.48 bits per heavy atom. The van der Waals surface area contributed by atoms with Crippen LogP contribution in [0.4, 0.5) is 0 Å². The van der Waals surface area contributed by atoms with Gasteiger partial charge in [-0.05, 0) is 37.5 Å². The third kappa shape index (κ3) is 6.02. The molecule has 1 aromatic carbocycles. The fourth-order valence-corrected chi connectivity index (χ4v) is 3.04. The SMILES string of the molecule is COC(=O)c1c(CC(=O)NCc2cccc(COC(C)C)c2)[nH]c(C(C)=O)c1C. The van der Waals surface area contributed by atoms with Gasteiger partial charge in [-0.3, -0.25) is 9.59 Å². The number of aromatic amines is 1. The quantitative estimate of drug-likeness (QED) is 0.498. The molecular formula is C22H28N2O5. The van der Waals surface area contributed by atoms with Crippen molar-refractivity contribution >= 4 is 17.7 Å². The lowest BCUT2D eigenvalue weighted by molar-refractivity contribution is -0.120. The highest BCUT2D eigenvalue weighted by molar-refractivity contribution is 6.01. The molecule has 0 saturated heterocycles. The number of ketones is 1. The number of nitrogens with one attached hydrogen (secondary N) is 2. The van der Waals surface area contributed by atoms with Crippen LogP contribution in [0.25, 0.3) is 0 Å². The van der Waals surface area contributed by atoms with E-state index in [0.29, 0.717) is 30.1 Å². The first-order valence-corrected chi connectivity index (χ1v) is 9.49. The number of ether oxygens (including phenoxy) is 2. The summed E-state index contributed by atoms with van der Waals surface area (Å²) < 4.78 is 10.4. The van der Waals surface area contributed by atoms with E-state index in [0.717, 1.165) is 11.1 Å². The van der Waals surface area contributed by atoms with Gasteiger partial charge in [0.2, 0.25) is 5.91 Å². The van der Waals surface area contributed by atoms with Crippen molar-refractivity contribution in [2.45, 2.75) is 53.4 Å². The van der Waals surface area contributed by atoms with E-state index in [1.807, 2.05) is 38.1 Å². The molecule has 0 radical (unpaired) electrons. The largest absolute Gasteiger partial charge is 0.465 e. The number of benzene rings is 1. The van der Waals surface area contributed by atoms with Gasteiger partial charge in [-0.25, -0.2) is 4.79 Å². The van der Waals surface area contributed by atoms with E-state index in [1.54, 1.807) is 6.92 Å². The van der Waals surface area contributed by atoms with Gasteiger partial charge in [-0.2, -0.15) is 0 Å². The third-order valence-corrected chi connectivity index (χ3v) is 4.47. The molecular weight excluding hydrogens is 372 g/mol. The zero-order valence-corrected chi connectivity index (χ0v) is 17.5. The first-order valence-electron chi connectivity index (χ1n) is 9.49. The summed E-state index contributed by atoms with van der Waals surface area (Å²) in [7, 11) is 1.27. The summed E-state index contributed by atoms with van der Waals surface area (Å²) in [6, 6.07) is 7.80. The second-order valence-corrected chi connectivity index (χ2v) is 7.16. The number of H-pyrrole nitrogens is 1. The van der Waals surface area contributed by atoms with Gasteiger partial charge in [0, 0.05) is 19.2 Å². The van der Waals surface area contributed by atoms with Crippen LogP contribution >= 0.6 is 0 Å². The van der Waals surface area contributed by atoms with E-state index in [9.17, 15) is 14.4 Å². The molecule has 2 N–H and O–H groups in total. The van der Waals surface area contributed by atoms with Gasteiger partial charge >= 0.3 is 5.97 Å². The lowest BCUT2D eigenvalue weighted by atomic mass is 10.1. The van der Waals surface area contributed by atoms with Gasteiger partial charge in [0.15, 0.2) is 5.78 Å². The van der Waals surface area contributed by atoms with Gasteiger partial charge in [0.25, 0.3) is 0 Å². The van der Waals surface area contributed by atoms with Gasteiger partial charge in [0.05, 0.1) is 37.5 Å². The Bertz CT molecular complexity index is 899. The fourth-order valence-electron chi connectivity index (χ4n) is 3.04. The number of hydrogen-bond donors (Lipinski definition) is 2. The average Bonchev–Trinajstić information content (AvgIpc) is 3.00. The summed E-state index contributed by atoms with van der Waals surface area (Å²) in [5.74, 6) is -1.05. The van der Waals surface area contributed by atoms with Crippen LogP contribution in [-0.2, 0) is 33.8 Å². The van der Waals surface area contributed by atoms with Crippen LogP contribution in [0.5, 0.6) is 0 Å². The maximum Gasteiger partial charge on any atom is 0.339 e. The lowest BCUT2D eigenvalue weighted by Gasteiger charge is -2.10. The van der Waals surface area contributed by atoms with Crippen LogP contribution in [0.15, 0.2) is 24.3 Å². The van der Waals surface area contributed by atoms with Crippen LogP contribution in [0, 0.1) is 6.92 Å². The number of Topliss-reactive ketones (excluding diaryl/α,β-unsaturated/α-hetero) is 1. The fraction of sp³-hybridized carbons (Fsp3) is 0.409. The zero-order valence-electron chi connectivity index (χ0n) is 17.5. The second-order valence-electron chi connectivity index (χ2n) is 7.16. The first-order chi connectivity index (χ1) is 13.7. The molecule has 1 heterocycles. The van der Waals surface area contributed by atoms with Gasteiger partial charge in [-0.15, -0.1) is 0 Å². The number of esters is 1. The summed E-state index contributed by atoms with van der Waals surface area (Å²) in [6.45, 7) is 7.88. The average molecular weight is 400 g/mol. The van der Waals surface area contributed by atoms with E-state index < -0.39 is 5.97 Å². The normalized spacial score (nSPS) is 10.8. The van der Waals surface area contributed by atoms with Crippen LogP contribution in [0.2, 0.25) is 0 Å². The molecule has 2 rings (SSSR count). The predicted molar refractivity (Wildman–Crippen MR) is 109 cm³/mol. The minimum absolute atomic E-state index is 0.0608. The van der Waals surface area contributed by atoms with E-state index in [1.165, 1.54) is 14.0 Å². The molecule has 2 aromatic rings. The van der Waals surface area contributed by atoms with Gasteiger partial charge in [-0.1, -0.05) is 24.3 Å². The number of carbonyl (C=O) groups is 3. The summed E-state index contributed by atoms with van der Waals surface area (Å²) in [5.41, 5.74) is 3.39. The van der Waals surface area contributed by atoms with Crippen LogP contribution in [0.1, 0.15) is 64.0 Å². The standard InChI is InChI=1S/C22H28N2O5/c1-13(2)29-12-17-8-6-7-16(9-17)11-23-19(26)10-18-20(22(27)28-5)14(3)21(24-18)15(4)25/h6-9,13,24H,10-12H2,1-5H3,(H,23,26). The molecule has 0 spiro atoms. The summed E-state index contributed by atoms with van der Waals surface area (Å²) in [6.07, 6.45) is 0.0841. The Morgan fingerprint density at radius 1 is 1.17 bits per heavy atom. The molecule has 0 atom stereocenters. The number of aromatic nitrogens is 1. The molecule has 0 saturated carbocycles. The summed E-state index contributed by atoms with van der Waals surface area (Å²) in [5, 5.41) is 2.84. The second kappa shape index (κ2) is 10.0. The highest BCUT2D eigenvalue weighted by atomic mass is 16.5. The highest BCUT2D eigenvalue weighted by Crippen LogP contribution is 2.20. The smallest absolute Gasteiger partial charge is 0.339 e. The molecule has 0 bridgehead atoms. The predicted octanol–water partition coefficient (Wildman–Crippen LogP) is 3.10. The van der Waals surface area contributed by atoms with Crippen molar-refractivity contribution in [3.05, 3.63) is 57.9 Å². The molecule has 7 nitrogen and oxygen atoms in total.